The normalized spacial score (nSPS) is 15.0. The van der Waals surface area contributed by atoms with Crippen molar-refractivity contribution in [3.8, 4) is 0 Å². The summed E-state index contributed by atoms with van der Waals surface area (Å²) < 4.78 is 1.05. The van der Waals surface area contributed by atoms with Crippen LogP contribution in [0.3, 0.4) is 0 Å². The maximum absolute atomic E-state index is 11.8. The van der Waals surface area contributed by atoms with Crippen LogP contribution in [0.15, 0.2) is 28.7 Å². The number of halogens is 1. The predicted octanol–water partition coefficient (Wildman–Crippen LogP) is 2.87. The summed E-state index contributed by atoms with van der Waals surface area (Å²) in [7, 11) is 0. The largest absolute Gasteiger partial charge is 0.384 e. The van der Waals surface area contributed by atoms with Crippen LogP contribution < -0.4 is 5.32 Å². The van der Waals surface area contributed by atoms with Gasteiger partial charge in [-0.25, -0.2) is 0 Å². The average molecular weight is 297 g/mol. The molecular weight excluding hydrogens is 280 g/mol. The van der Waals surface area contributed by atoms with Crippen LogP contribution in [0.2, 0.25) is 0 Å². The van der Waals surface area contributed by atoms with Gasteiger partial charge in [0.05, 0.1) is 0 Å². The Hall–Kier alpha value is -1.03. The van der Waals surface area contributed by atoms with Crippen LogP contribution in [0.25, 0.3) is 0 Å². The highest BCUT2D eigenvalue weighted by atomic mass is 79.9. The van der Waals surface area contributed by atoms with Gasteiger partial charge in [-0.1, -0.05) is 22.0 Å². The predicted molar refractivity (Wildman–Crippen MR) is 73.1 cm³/mol. The van der Waals surface area contributed by atoms with Crippen LogP contribution in [0.1, 0.15) is 19.3 Å². The summed E-state index contributed by atoms with van der Waals surface area (Å²) in [4.78, 5) is 13.7. The first-order valence-corrected chi connectivity index (χ1v) is 6.82. The third-order valence-corrected chi connectivity index (χ3v) is 3.44. The van der Waals surface area contributed by atoms with E-state index in [0.717, 1.165) is 36.1 Å². The highest BCUT2D eigenvalue weighted by Crippen LogP contribution is 2.15. The van der Waals surface area contributed by atoms with Crippen molar-refractivity contribution in [2.75, 3.05) is 25.0 Å². The molecule has 3 nitrogen and oxygen atoms in total. The lowest BCUT2D eigenvalue weighted by Crippen LogP contribution is -2.29. The summed E-state index contributed by atoms with van der Waals surface area (Å²) in [5.74, 6) is 0.269. The number of nitrogens with one attached hydrogen (secondary N) is 1. The molecular formula is C13H17BrN2O. The van der Waals surface area contributed by atoms with Crippen molar-refractivity contribution < 1.29 is 4.79 Å². The number of benzene rings is 1. The minimum atomic E-state index is 0.269. The monoisotopic (exact) mass is 296 g/mol. The Kier molecular flexibility index (Phi) is 4.42. The highest BCUT2D eigenvalue weighted by Gasteiger charge is 2.16. The fraction of sp³-hybridized carbons (Fsp3) is 0.462. The lowest BCUT2D eigenvalue weighted by molar-refractivity contribution is -0.129. The molecule has 1 heterocycles. The summed E-state index contributed by atoms with van der Waals surface area (Å²) in [6.07, 6.45) is 2.89. The second kappa shape index (κ2) is 6.05. The molecule has 4 heteroatoms. The molecule has 0 saturated carbocycles. The molecule has 1 aliphatic rings. The number of hydrogen-bond donors (Lipinski definition) is 1. The first-order chi connectivity index (χ1) is 8.25. The maximum atomic E-state index is 11.8. The zero-order valence-electron chi connectivity index (χ0n) is 9.79. The third kappa shape index (κ3) is 3.73. The maximum Gasteiger partial charge on any atom is 0.224 e. The number of carbonyl (C=O) groups excluding carboxylic acids is 1. The van der Waals surface area contributed by atoms with Gasteiger partial charge < -0.3 is 10.2 Å². The van der Waals surface area contributed by atoms with Gasteiger partial charge in [0.1, 0.15) is 0 Å². The Morgan fingerprint density at radius 1 is 1.35 bits per heavy atom. The quantitative estimate of drug-likeness (QED) is 0.927. The van der Waals surface area contributed by atoms with Crippen LogP contribution in [0.5, 0.6) is 0 Å². The molecule has 0 aromatic heterocycles. The van der Waals surface area contributed by atoms with Crippen molar-refractivity contribution in [2.24, 2.45) is 0 Å². The molecule has 17 heavy (non-hydrogen) atoms. The number of likely N-dealkylation sites (tertiary alicyclic amines) is 1. The number of nitrogens with zero attached hydrogens (tertiary/aromatic N) is 1. The molecule has 1 aromatic rings. The summed E-state index contributed by atoms with van der Waals surface area (Å²) in [5, 5.41) is 3.26. The summed E-state index contributed by atoms with van der Waals surface area (Å²) in [6, 6.07) is 7.99. The highest BCUT2D eigenvalue weighted by molar-refractivity contribution is 9.10. The van der Waals surface area contributed by atoms with E-state index >= 15 is 0 Å². The van der Waals surface area contributed by atoms with E-state index < -0.39 is 0 Å². The topological polar surface area (TPSA) is 32.3 Å². The molecule has 0 aliphatic carbocycles. The van der Waals surface area contributed by atoms with Gasteiger partial charge in [0, 0.05) is 36.2 Å². The van der Waals surface area contributed by atoms with Crippen molar-refractivity contribution in [3.05, 3.63) is 28.7 Å². The fourth-order valence-corrected chi connectivity index (χ4v) is 2.44. The molecule has 0 bridgehead atoms. The number of amides is 1. The van der Waals surface area contributed by atoms with Crippen molar-refractivity contribution in [1.82, 2.24) is 4.90 Å². The Labute approximate surface area is 110 Å². The average Bonchev–Trinajstić information content (AvgIpc) is 2.82. The van der Waals surface area contributed by atoms with Gasteiger partial charge in [0.2, 0.25) is 5.91 Å². The molecule has 1 fully saturated rings. The molecule has 1 aromatic carbocycles. The van der Waals surface area contributed by atoms with Crippen molar-refractivity contribution in [2.45, 2.75) is 19.3 Å². The lowest BCUT2D eigenvalue weighted by Gasteiger charge is -2.15. The van der Waals surface area contributed by atoms with Crippen LogP contribution in [0.4, 0.5) is 5.69 Å². The van der Waals surface area contributed by atoms with Gasteiger partial charge in [0.15, 0.2) is 0 Å². The molecule has 1 aliphatic heterocycles. The second-order valence-electron chi connectivity index (χ2n) is 4.28. The minimum absolute atomic E-state index is 0.269. The van der Waals surface area contributed by atoms with E-state index in [2.05, 4.69) is 21.2 Å². The summed E-state index contributed by atoms with van der Waals surface area (Å²) in [5.41, 5.74) is 1.05. The van der Waals surface area contributed by atoms with Gasteiger partial charge in [0.25, 0.3) is 0 Å². The van der Waals surface area contributed by atoms with E-state index in [4.69, 9.17) is 0 Å². The molecule has 2 rings (SSSR count). The van der Waals surface area contributed by atoms with Gasteiger partial charge >= 0.3 is 0 Å². The first kappa shape index (κ1) is 12.4. The number of rotatable bonds is 4. The zero-order chi connectivity index (χ0) is 12.1. The van der Waals surface area contributed by atoms with Crippen molar-refractivity contribution >= 4 is 27.5 Å². The standard InChI is InChI=1S/C13H17BrN2O/c14-11-4-3-5-12(10-11)15-7-6-13(17)16-8-1-2-9-16/h3-5,10,15H,1-2,6-9H2. The lowest BCUT2D eigenvalue weighted by atomic mass is 10.3. The number of hydrogen-bond acceptors (Lipinski definition) is 2. The molecule has 1 N–H and O–H groups in total. The molecule has 0 atom stereocenters. The summed E-state index contributed by atoms with van der Waals surface area (Å²) >= 11 is 3.42. The summed E-state index contributed by atoms with van der Waals surface area (Å²) in [6.45, 7) is 2.58. The van der Waals surface area contributed by atoms with Crippen LogP contribution in [-0.2, 0) is 4.79 Å². The molecule has 0 radical (unpaired) electrons. The van der Waals surface area contributed by atoms with Crippen molar-refractivity contribution in [1.29, 1.82) is 0 Å². The SMILES string of the molecule is O=C(CCNc1cccc(Br)c1)N1CCCC1. The van der Waals surface area contributed by atoms with E-state index in [1.54, 1.807) is 0 Å². The van der Waals surface area contributed by atoms with Crippen LogP contribution in [-0.4, -0.2) is 30.4 Å². The van der Waals surface area contributed by atoms with Crippen molar-refractivity contribution in [3.63, 3.8) is 0 Å². The smallest absolute Gasteiger partial charge is 0.224 e. The minimum Gasteiger partial charge on any atom is -0.384 e. The van der Waals surface area contributed by atoms with Gasteiger partial charge in [-0.15, -0.1) is 0 Å². The zero-order valence-corrected chi connectivity index (χ0v) is 11.4. The molecule has 1 saturated heterocycles. The second-order valence-corrected chi connectivity index (χ2v) is 5.19. The third-order valence-electron chi connectivity index (χ3n) is 2.95. The first-order valence-electron chi connectivity index (χ1n) is 6.03. The van der Waals surface area contributed by atoms with E-state index in [1.165, 1.54) is 0 Å². The molecule has 0 spiro atoms. The van der Waals surface area contributed by atoms with E-state index in [1.807, 2.05) is 29.2 Å². The molecule has 0 unspecified atom stereocenters. The van der Waals surface area contributed by atoms with E-state index in [9.17, 15) is 4.79 Å². The van der Waals surface area contributed by atoms with Gasteiger partial charge in [-0.2, -0.15) is 0 Å². The van der Waals surface area contributed by atoms with Crippen LogP contribution in [0, 0.1) is 0 Å². The molecule has 1 amide bonds. The Morgan fingerprint density at radius 3 is 2.82 bits per heavy atom. The van der Waals surface area contributed by atoms with E-state index in [0.29, 0.717) is 13.0 Å². The molecule has 92 valence electrons. The Bertz CT molecular complexity index is 389. The Morgan fingerprint density at radius 2 is 2.12 bits per heavy atom. The van der Waals surface area contributed by atoms with E-state index in [-0.39, 0.29) is 5.91 Å². The van der Waals surface area contributed by atoms with Gasteiger partial charge in [-0.3, -0.25) is 4.79 Å². The fourth-order valence-electron chi connectivity index (χ4n) is 2.04. The number of anilines is 1. The van der Waals surface area contributed by atoms with Crippen LogP contribution >= 0.6 is 15.9 Å². The number of carbonyl (C=O) groups is 1. The Balaban J connectivity index is 1.73. The van der Waals surface area contributed by atoms with Gasteiger partial charge in [-0.05, 0) is 31.0 Å².